The summed E-state index contributed by atoms with van der Waals surface area (Å²) in [7, 11) is 0. The topological polar surface area (TPSA) is 40.1 Å². The summed E-state index contributed by atoms with van der Waals surface area (Å²) < 4.78 is 43.4. The van der Waals surface area contributed by atoms with Crippen LogP contribution in [0.15, 0.2) is 0 Å². The van der Waals surface area contributed by atoms with Crippen molar-refractivity contribution in [2.45, 2.75) is 19.3 Å². The first-order chi connectivity index (χ1) is 3.98. The zero-order valence-electron chi connectivity index (χ0n) is 5.89. The molecule has 0 fully saturated rings. The molecule has 1 atom stereocenters. The molecule has 0 heterocycles. The Morgan fingerprint density at radius 1 is 1.60 bits per heavy atom. The van der Waals surface area contributed by atoms with E-state index < -0.39 is 29.2 Å². The Balaban J connectivity index is 0. The van der Waals surface area contributed by atoms with Crippen molar-refractivity contribution in [2.75, 3.05) is 5.75 Å². The van der Waals surface area contributed by atoms with Crippen molar-refractivity contribution in [1.29, 1.82) is 0 Å². The SMILES string of the molecule is CCC(F)(F)CS(=O)[O-].[Na+]. The Morgan fingerprint density at radius 2 is 2.00 bits per heavy atom. The maximum Gasteiger partial charge on any atom is 1.00 e. The predicted molar refractivity (Wildman–Crippen MR) is 29.0 cm³/mol. The van der Waals surface area contributed by atoms with Crippen LogP contribution >= 0.6 is 0 Å². The van der Waals surface area contributed by atoms with E-state index >= 15 is 0 Å². The van der Waals surface area contributed by atoms with Gasteiger partial charge in [0.25, 0.3) is 5.92 Å². The van der Waals surface area contributed by atoms with Crippen LogP contribution in [0.1, 0.15) is 13.3 Å². The molecule has 0 rings (SSSR count). The van der Waals surface area contributed by atoms with E-state index in [0.717, 1.165) is 0 Å². The van der Waals surface area contributed by atoms with Gasteiger partial charge >= 0.3 is 29.6 Å². The molecule has 6 heteroatoms. The molecule has 0 bridgehead atoms. The molecule has 0 spiro atoms. The summed E-state index contributed by atoms with van der Waals surface area (Å²) in [6, 6.07) is 0. The minimum atomic E-state index is -3.05. The van der Waals surface area contributed by atoms with Crippen LogP contribution in [0, 0.1) is 0 Å². The maximum absolute atomic E-state index is 12.0. The average molecular weight is 180 g/mol. The fraction of sp³-hybridized carbons (Fsp3) is 1.00. The monoisotopic (exact) mass is 180 g/mol. The third kappa shape index (κ3) is 7.08. The molecule has 56 valence electrons. The van der Waals surface area contributed by atoms with Crippen LogP contribution < -0.4 is 29.6 Å². The van der Waals surface area contributed by atoms with E-state index in [1.807, 2.05) is 0 Å². The van der Waals surface area contributed by atoms with Gasteiger partial charge in [0.15, 0.2) is 0 Å². The van der Waals surface area contributed by atoms with E-state index in [2.05, 4.69) is 0 Å². The Kier molecular flexibility index (Phi) is 7.59. The van der Waals surface area contributed by atoms with Gasteiger partial charge in [-0.1, -0.05) is 6.92 Å². The zero-order valence-corrected chi connectivity index (χ0v) is 8.71. The van der Waals surface area contributed by atoms with Crippen LogP contribution in [-0.4, -0.2) is 20.4 Å². The molecule has 0 aromatic heterocycles. The first-order valence-electron chi connectivity index (χ1n) is 2.41. The number of rotatable bonds is 3. The summed E-state index contributed by atoms with van der Waals surface area (Å²) in [4.78, 5) is 0. The standard InChI is InChI=1S/C4H8F2O2S.Na/c1-2-4(5,6)3-9(7)8;/h2-3H2,1H3,(H,7,8);/q;+1/p-1. The summed E-state index contributed by atoms with van der Waals surface area (Å²) in [6.07, 6.45) is -0.430. The van der Waals surface area contributed by atoms with Gasteiger partial charge in [-0.25, -0.2) is 8.78 Å². The van der Waals surface area contributed by atoms with Crippen molar-refractivity contribution < 1.29 is 47.1 Å². The third-order valence-electron chi connectivity index (χ3n) is 0.846. The molecular weight excluding hydrogens is 173 g/mol. The second-order valence-electron chi connectivity index (χ2n) is 1.66. The van der Waals surface area contributed by atoms with Gasteiger partial charge in [0.1, 0.15) is 0 Å². The molecule has 0 aliphatic rings. The second-order valence-corrected chi connectivity index (χ2v) is 2.55. The van der Waals surface area contributed by atoms with Crippen molar-refractivity contribution in [3.8, 4) is 0 Å². The average Bonchev–Trinajstić information content (AvgIpc) is 1.63. The molecule has 0 aromatic carbocycles. The molecule has 0 saturated heterocycles. The van der Waals surface area contributed by atoms with Crippen LogP contribution in [0.3, 0.4) is 0 Å². The van der Waals surface area contributed by atoms with Gasteiger partial charge in [-0.05, 0) is 11.1 Å². The molecule has 0 aliphatic carbocycles. The summed E-state index contributed by atoms with van der Waals surface area (Å²) in [5.74, 6) is -4.11. The fourth-order valence-electron chi connectivity index (χ4n) is 0.274. The van der Waals surface area contributed by atoms with Gasteiger partial charge in [0.05, 0.1) is 5.75 Å². The number of hydrogen-bond acceptors (Lipinski definition) is 2. The smallest absolute Gasteiger partial charge is 0.772 e. The molecule has 0 aliphatic heterocycles. The van der Waals surface area contributed by atoms with Gasteiger partial charge in [0, 0.05) is 6.42 Å². The Hall–Kier alpha value is 0.970. The van der Waals surface area contributed by atoms with E-state index in [-0.39, 0.29) is 29.6 Å². The minimum absolute atomic E-state index is 0. The van der Waals surface area contributed by atoms with E-state index in [1.54, 1.807) is 0 Å². The maximum atomic E-state index is 12.0. The number of hydrogen-bond donors (Lipinski definition) is 0. The van der Waals surface area contributed by atoms with E-state index in [1.165, 1.54) is 6.92 Å². The molecule has 0 amide bonds. The van der Waals surface area contributed by atoms with Gasteiger partial charge in [-0.3, -0.25) is 4.21 Å². The number of halogens is 2. The molecule has 0 radical (unpaired) electrons. The third-order valence-corrected chi connectivity index (χ3v) is 1.50. The van der Waals surface area contributed by atoms with E-state index in [9.17, 15) is 17.5 Å². The summed E-state index contributed by atoms with van der Waals surface area (Å²) in [5, 5.41) is 0. The first kappa shape index (κ1) is 13.6. The Labute approximate surface area is 83.0 Å². The Bertz CT molecular complexity index is 120. The second kappa shape index (κ2) is 5.60. The van der Waals surface area contributed by atoms with E-state index in [0.29, 0.717) is 0 Å². The largest absolute Gasteiger partial charge is 1.00 e. The summed E-state index contributed by atoms with van der Waals surface area (Å²) in [6.45, 7) is 1.24. The normalized spacial score (nSPS) is 14.0. The van der Waals surface area contributed by atoms with Gasteiger partial charge < -0.3 is 4.55 Å². The van der Waals surface area contributed by atoms with Crippen LogP contribution in [0.4, 0.5) is 8.78 Å². The molecule has 1 unspecified atom stereocenters. The molecule has 0 N–H and O–H groups in total. The molecule has 0 aromatic rings. The van der Waals surface area contributed by atoms with Gasteiger partial charge in [-0.15, -0.1) is 0 Å². The van der Waals surface area contributed by atoms with Crippen LogP contribution in [0.2, 0.25) is 0 Å². The summed E-state index contributed by atoms with van der Waals surface area (Å²) in [5.41, 5.74) is 0. The molecule has 2 nitrogen and oxygen atoms in total. The Morgan fingerprint density at radius 3 is 2.10 bits per heavy atom. The van der Waals surface area contributed by atoms with Crippen molar-refractivity contribution in [1.82, 2.24) is 0 Å². The van der Waals surface area contributed by atoms with Gasteiger partial charge in [-0.2, -0.15) is 0 Å². The van der Waals surface area contributed by atoms with Gasteiger partial charge in [0.2, 0.25) is 0 Å². The fourth-order valence-corrected chi connectivity index (χ4v) is 0.823. The molecule has 0 saturated carbocycles. The van der Waals surface area contributed by atoms with Crippen molar-refractivity contribution in [3.63, 3.8) is 0 Å². The minimum Gasteiger partial charge on any atom is -0.772 e. The zero-order chi connectivity index (χ0) is 7.49. The quantitative estimate of drug-likeness (QED) is 0.369. The van der Waals surface area contributed by atoms with E-state index in [4.69, 9.17) is 0 Å². The number of alkyl halides is 2. The molecule has 10 heavy (non-hydrogen) atoms. The van der Waals surface area contributed by atoms with Crippen molar-refractivity contribution >= 4 is 11.1 Å². The van der Waals surface area contributed by atoms with Crippen LogP contribution in [0.5, 0.6) is 0 Å². The van der Waals surface area contributed by atoms with Crippen molar-refractivity contribution in [2.24, 2.45) is 0 Å². The molecular formula is C4H7F2NaO2S. The first-order valence-corrected chi connectivity index (χ1v) is 3.66. The van der Waals surface area contributed by atoms with Crippen LogP contribution in [0.25, 0.3) is 0 Å². The predicted octanol–water partition coefficient (Wildman–Crippen LogP) is -2.09. The van der Waals surface area contributed by atoms with Crippen LogP contribution in [-0.2, 0) is 11.1 Å². The summed E-state index contributed by atoms with van der Waals surface area (Å²) >= 11 is -2.63. The van der Waals surface area contributed by atoms with Crippen molar-refractivity contribution in [3.05, 3.63) is 0 Å².